The van der Waals surface area contributed by atoms with Crippen LogP contribution in [0, 0.1) is 6.92 Å². The lowest BCUT2D eigenvalue weighted by Crippen LogP contribution is -2.28. The highest BCUT2D eigenvalue weighted by atomic mass is 32.2. The van der Waals surface area contributed by atoms with Crippen LogP contribution in [0.1, 0.15) is 30.9 Å². The summed E-state index contributed by atoms with van der Waals surface area (Å²) in [5.41, 5.74) is -3.80. The van der Waals surface area contributed by atoms with Crippen molar-refractivity contribution >= 4 is 31.7 Å². The van der Waals surface area contributed by atoms with Gasteiger partial charge in [-0.1, -0.05) is 44.2 Å². The Kier molecular flexibility index (Phi) is 4.38. The summed E-state index contributed by atoms with van der Waals surface area (Å²) >= 11 is 0. The molecule has 3 aromatic carbocycles. The van der Waals surface area contributed by atoms with Gasteiger partial charge in [0, 0.05) is 5.39 Å². The van der Waals surface area contributed by atoms with Crippen LogP contribution < -0.4 is 4.18 Å². The number of fused-ring (bicyclic) bond motifs is 3. The van der Waals surface area contributed by atoms with Gasteiger partial charge >= 0.3 is 15.6 Å². The molecule has 0 saturated heterocycles. The van der Waals surface area contributed by atoms with E-state index in [1.54, 1.807) is 25.1 Å². The summed E-state index contributed by atoms with van der Waals surface area (Å²) in [4.78, 5) is 0. The number of benzene rings is 3. The van der Waals surface area contributed by atoms with Gasteiger partial charge in [0.05, 0.1) is 0 Å². The molecule has 0 aliphatic rings. The number of hydrogen-bond acceptors (Lipinski definition) is 3. The van der Waals surface area contributed by atoms with E-state index < -0.39 is 15.6 Å². The molecule has 0 spiro atoms. The minimum absolute atomic E-state index is 0.125. The Labute approximate surface area is 149 Å². The molecule has 3 rings (SSSR count). The highest BCUT2D eigenvalue weighted by molar-refractivity contribution is 7.88. The predicted molar refractivity (Wildman–Crippen MR) is 95.9 cm³/mol. The molecule has 7 heteroatoms. The summed E-state index contributed by atoms with van der Waals surface area (Å²) in [6.07, 6.45) is 0. The quantitative estimate of drug-likeness (QED) is 0.334. The SMILES string of the molecule is Cc1cccc2c1cc(OS(=O)(=O)C(F)(F)F)c1cc(C(C)C)ccc12. The molecule has 138 valence electrons. The monoisotopic (exact) mass is 382 g/mol. The molecule has 0 saturated carbocycles. The second kappa shape index (κ2) is 6.16. The summed E-state index contributed by atoms with van der Waals surface area (Å²) < 4.78 is 66.1. The summed E-state index contributed by atoms with van der Waals surface area (Å²) in [6.45, 7) is 5.69. The van der Waals surface area contributed by atoms with E-state index in [2.05, 4.69) is 4.18 Å². The third kappa shape index (κ3) is 3.11. The summed E-state index contributed by atoms with van der Waals surface area (Å²) in [6, 6.07) is 12.2. The minimum atomic E-state index is -5.76. The Balaban J connectivity index is 2.37. The maximum absolute atomic E-state index is 12.8. The second-order valence-corrected chi connectivity index (χ2v) is 8.03. The minimum Gasteiger partial charge on any atom is -0.375 e. The van der Waals surface area contributed by atoms with E-state index in [1.165, 1.54) is 6.07 Å². The van der Waals surface area contributed by atoms with Crippen molar-refractivity contribution in [2.24, 2.45) is 0 Å². The molecule has 0 radical (unpaired) electrons. The molecule has 0 atom stereocenters. The van der Waals surface area contributed by atoms with Crippen LogP contribution in [0.2, 0.25) is 0 Å². The molecule has 0 amide bonds. The first-order chi connectivity index (χ1) is 12.0. The lowest BCUT2D eigenvalue weighted by molar-refractivity contribution is -0.0499. The average Bonchev–Trinajstić information content (AvgIpc) is 2.54. The van der Waals surface area contributed by atoms with Crippen molar-refractivity contribution in [3.63, 3.8) is 0 Å². The first-order valence-corrected chi connectivity index (χ1v) is 9.39. The van der Waals surface area contributed by atoms with E-state index in [0.717, 1.165) is 16.5 Å². The van der Waals surface area contributed by atoms with Crippen molar-refractivity contribution in [3.8, 4) is 5.75 Å². The van der Waals surface area contributed by atoms with Crippen LogP contribution in [0.4, 0.5) is 13.2 Å². The number of rotatable bonds is 3. The van der Waals surface area contributed by atoms with Gasteiger partial charge in [-0.3, -0.25) is 0 Å². The molecule has 0 fully saturated rings. The molecule has 3 aromatic rings. The Morgan fingerprint density at radius 1 is 0.923 bits per heavy atom. The fourth-order valence-corrected chi connectivity index (χ4v) is 3.38. The summed E-state index contributed by atoms with van der Waals surface area (Å²) in [5, 5.41) is 2.45. The molecule has 0 bridgehead atoms. The van der Waals surface area contributed by atoms with Crippen LogP contribution in [0.15, 0.2) is 42.5 Å². The summed E-state index contributed by atoms with van der Waals surface area (Å²) in [5.74, 6) is -0.193. The van der Waals surface area contributed by atoms with Crippen molar-refractivity contribution in [2.45, 2.75) is 32.2 Å². The largest absolute Gasteiger partial charge is 0.534 e. The van der Waals surface area contributed by atoms with Crippen molar-refractivity contribution in [2.75, 3.05) is 0 Å². The van der Waals surface area contributed by atoms with Crippen LogP contribution in [0.3, 0.4) is 0 Å². The van der Waals surface area contributed by atoms with Crippen molar-refractivity contribution < 1.29 is 25.8 Å². The maximum atomic E-state index is 12.8. The van der Waals surface area contributed by atoms with Gasteiger partial charge in [-0.15, -0.1) is 0 Å². The van der Waals surface area contributed by atoms with E-state index in [1.807, 2.05) is 32.0 Å². The van der Waals surface area contributed by atoms with Crippen molar-refractivity contribution in [1.29, 1.82) is 0 Å². The molecule has 0 N–H and O–H groups in total. The van der Waals surface area contributed by atoms with Crippen LogP contribution in [-0.4, -0.2) is 13.9 Å². The predicted octanol–water partition coefficient (Wildman–Crippen LogP) is 5.65. The lowest BCUT2D eigenvalue weighted by atomic mass is 9.94. The van der Waals surface area contributed by atoms with E-state index in [4.69, 9.17) is 0 Å². The van der Waals surface area contributed by atoms with E-state index >= 15 is 0 Å². The van der Waals surface area contributed by atoms with Gasteiger partial charge in [0.2, 0.25) is 0 Å². The van der Waals surface area contributed by atoms with E-state index in [9.17, 15) is 21.6 Å². The Morgan fingerprint density at radius 3 is 2.19 bits per heavy atom. The zero-order valence-electron chi connectivity index (χ0n) is 14.4. The van der Waals surface area contributed by atoms with Crippen LogP contribution >= 0.6 is 0 Å². The first kappa shape index (κ1) is 18.5. The zero-order chi connectivity index (χ0) is 19.3. The van der Waals surface area contributed by atoms with Crippen molar-refractivity contribution in [1.82, 2.24) is 0 Å². The Morgan fingerprint density at radius 2 is 1.58 bits per heavy atom. The molecule has 26 heavy (non-hydrogen) atoms. The zero-order valence-corrected chi connectivity index (χ0v) is 15.2. The normalized spacial score (nSPS) is 12.9. The van der Waals surface area contributed by atoms with Gasteiger partial charge in [0.15, 0.2) is 5.75 Å². The van der Waals surface area contributed by atoms with Gasteiger partial charge in [0.25, 0.3) is 0 Å². The average molecular weight is 382 g/mol. The number of aryl methyl sites for hydroxylation is 1. The van der Waals surface area contributed by atoms with Gasteiger partial charge in [0.1, 0.15) is 0 Å². The third-order valence-electron chi connectivity index (χ3n) is 4.35. The highest BCUT2D eigenvalue weighted by Gasteiger charge is 2.48. The standard InChI is InChI=1S/C19H17F3O3S/c1-11(2)13-7-8-15-14-6-4-5-12(3)16(14)10-18(17(15)9-13)25-26(23,24)19(20,21)22/h4-11H,1-3H3. The molecule has 0 unspecified atom stereocenters. The summed E-state index contributed by atoms with van der Waals surface area (Å²) in [7, 11) is -5.76. The number of halogens is 3. The first-order valence-electron chi connectivity index (χ1n) is 7.98. The van der Waals surface area contributed by atoms with E-state index in [0.29, 0.717) is 16.2 Å². The lowest BCUT2D eigenvalue weighted by Gasteiger charge is -2.16. The maximum Gasteiger partial charge on any atom is 0.534 e. The Bertz CT molecular complexity index is 1100. The van der Waals surface area contributed by atoms with E-state index in [-0.39, 0.29) is 11.7 Å². The van der Waals surface area contributed by atoms with Crippen LogP contribution in [0.25, 0.3) is 21.5 Å². The molecule has 3 nitrogen and oxygen atoms in total. The topological polar surface area (TPSA) is 43.4 Å². The van der Waals surface area contributed by atoms with Gasteiger partial charge in [-0.05, 0) is 52.3 Å². The fourth-order valence-electron chi connectivity index (χ4n) is 2.91. The van der Waals surface area contributed by atoms with Gasteiger partial charge < -0.3 is 4.18 Å². The van der Waals surface area contributed by atoms with Crippen LogP contribution in [-0.2, 0) is 10.1 Å². The molecular weight excluding hydrogens is 365 g/mol. The second-order valence-electron chi connectivity index (χ2n) is 6.49. The highest BCUT2D eigenvalue weighted by Crippen LogP contribution is 2.38. The molecule has 0 heterocycles. The van der Waals surface area contributed by atoms with Crippen LogP contribution in [0.5, 0.6) is 5.75 Å². The molecular formula is C19H17F3O3S. The van der Waals surface area contributed by atoms with Gasteiger partial charge in [-0.2, -0.15) is 21.6 Å². The molecule has 0 aliphatic heterocycles. The van der Waals surface area contributed by atoms with Gasteiger partial charge in [-0.25, -0.2) is 0 Å². The Hall–Kier alpha value is -2.28. The number of alkyl halides is 3. The van der Waals surface area contributed by atoms with Crippen molar-refractivity contribution in [3.05, 3.63) is 53.6 Å². The smallest absolute Gasteiger partial charge is 0.375 e. The molecule has 0 aliphatic carbocycles. The number of hydrogen-bond donors (Lipinski definition) is 0. The molecule has 0 aromatic heterocycles. The third-order valence-corrected chi connectivity index (χ3v) is 5.31. The fraction of sp³-hybridized carbons (Fsp3) is 0.263.